The monoisotopic (exact) mass is 348 g/mol. The first-order valence-electron chi connectivity index (χ1n) is 7.57. The van der Waals surface area contributed by atoms with Gasteiger partial charge in [-0.3, -0.25) is 9.48 Å². The second kappa shape index (κ2) is 7.93. The van der Waals surface area contributed by atoms with Crippen LogP contribution in [0.4, 0.5) is 10.1 Å². The number of amides is 1. The van der Waals surface area contributed by atoms with Crippen LogP contribution in [0.3, 0.4) is 0 Å². The van der Waals surface area contributed by atoms with Crippen molar-refractivity contribution in [3.63, 3.8) is 0 Å². The number of benzene rings is 1. The lowest BCUT2D eigenvalue weighted by Crippen LogP contribution is -2.13. The van der Waals surface area contributed by atoms with Crippen LogP contribution in [0.25, 0.3) is 0 Å². The minimum atomic E-state index is -0.562. The van der Waals surface area contributed by atoms with Crippen LogP contribution in [0, 0.1) is 31.0 Å². The maximum Gasteiger partial charge on any atom is 0.224 e. The molecule has 0 bridgehead atoms. The van der Waals surface area contributed by atoms with E-state index >= 15 is 0 Å². The molecule has 1 amide bonds. The number of halogens is 2. The summed E-state index contributed by atoms with van der Waals surface area (Å²) >= 11 is 5.69. The fourth-order valence-corrected chi connectivity index (χ4v) is 2.67. The number of nitrogens with zero attached hydrogens (tertiary/aromatic N) is 3. The number of carbonyl (C=O) groups excluding carboxylic acids is 1. The van der Waals surface area contributed by atoms with Crippen LogP contribution in [-0.4, -0.2) is 15.7 Å². The van der Waals surface area contributed by atoms with E-state index in [2.05, 4.69) is 16.5 Å². The predicted octanol–water partition coefficient (Wildman–Crippen LogP) is 3.78. The fourth-order valence-electron chi connectivity index (χ4n) is 2.51. The van der Waals surface area contributed by atoms with E-state index in [1.807, 2.05) is 13.8 Å². The molecule has 1 N–H and O–H groups in total. The number of nitrogens with one attached hydrogen (secondary N) is 1. The predicted molar refractivity (Wildman–Crippen MR) is 90.3 cm³/mol. The zero-order chi connectivity index (χ0) is 17.7. The Morgan fingerprint density at radius 1 is 1.46 bits per heavy atom. The summed E-state index contributed by atoms with van der Waals surface area (Å²) in [5, 5.41) is 15.9. The van der Waals surface area contributed by atoms with Gasteiger partial charge in [0.15, 0.2) is 0 Å². The maximum absolute atomic E-state index is 13.7. The Kier molecular flexibility index (Phi) is 5.93. The minimum absolute atomic E-state index is 0.113. The van der Waals surface area contributed by atoms with E-state index in [1.54, 1.807) is 4.68 Å². The summed E-state index contributed by atoms with van der Waals surface area (Å²) < 4.78 is 15.5. The number of hydrogen-bond donors (Lipinski definition) is 1. The van der Waals surface area contributed by atoms with Gasteiger partial charge in [0.05, 0.1) is 30.4 Å². The van der Waals surface area contributed by atoms with E-state index in [9.17, 15) is 9.18 Å². The highest BCUT2D eigenvalue weighted by molar-refractivity contribution is 6.30. The maximum atomic E-state index is 13.7. The van der Waals surface area contributed by atoms with Gasteiger partial charge >= 0.3 is 0 Å². The second-order valence-electron chi connectivity index (χ2n) is 5.45. The average molecular weight is 349 g/mol. The minimum Gasteiger partial charge on any atom is -0.324 e. The van der Waals surface area contributed by atoms with E-state index in [0.29, 0.717) is 19.4 Å². The third-order valence-corrected chi connectivity index (χ3v) is 4.01. The van der Waals surface area contributed by atoms with E-state index in [0.717, 1.165) is 23.0 Å². The van der Waals surface area contributed by atoms with Gasteiger partial charge in [0.25, 0.3) is 0 Å². The van der Waals surface area contributed by atoms with Crippen LogP contribution in [0.15, 0.2) is 18.2 Å². The van der Waals surface area contributed by atoms with Gasteiger partial charge in [-0.05, 0) is 44.0 Å². The van der Waals surface area contributed by atoms with E-state index < -0.39 is 5.82 Å². The molecule has 2 aromatic rings. The smallest absolute Gasteiger partial charge is 0.224 e. The summed E-state index contributed by atoms with van der Waals surface area (Å²) in [6.07, 6.45) is 1.11. The van der Waals surface area contributed by atoms with Crippen LogP contribution in [-0.2, 0) is 17.8 Å². The largest absolute Gasteiger partial charge is 0.324 e. The number of anilines is 1. The van der Waals surface area contributed by atoms with E-state index in [1.165, 1.54) is 12.1 Å². The standard InChI is InChI=1S/C17H18ClFN4O/c1-11-14(12(2)23(22-11)9-3-8-20)5-7-17(24)21-16-6-4-13(18)10-15(16)19/h4,6,10H,3,5,7,9H2,1-2H3,(H,21,24). The van der Waals surface area contributed by atoms with Crippen LogP contribution < -0.4 is 5.32 Å². The molecule has 7 heteroatoms. The zero-order valence-corrected chi connectivity index (χ0v) is 14.3. The van der Waals surface area contributed by atoms with Gasteiger partial charge in [-0.15, -0.1) is 0 Å². The first-order chi connectivity index (χ1) is 11.4. The van der Waals surface area contributed by atoms with Gasteiger partial charge in [-0.2, -0.15) is 10.4 Å². The Balaban J connectivity index is 1.99. The molecule has 0 spiro atoms. The lowest BCUT2D eigenvalue weighted by molar-refractivity contribution is -0.116. The number of nitriles is 1. The third-order valence-electron chi connectivity index (χ3n) is 3.77. The molecule has 0 aliphatic carbocycles. The molecule has 1 heterocycles. The van der Waals surface area contributed by atoms with Gasteiger partial charge in [0.2, 0.25) is 5.91 Å². The van der Waals surface area contributed by atoms with Gasteiger partial charge in [-0.1, -0.05) is 11.6 Å². The summed E-state index contributed by atoms with van der Waals surface area (Å²) in [7, 11) is 0. The zero-order valence-electron chi connectivity index (χ0n) is 13.6. The summed E-state index contributed by atoms with van der Waals surface area (Å²) in [5.74, 6) is -0.840. The molecule has 2 rings (SSSR count). The van der Waals surface area contributed by atoms with Crippen molar-refractivity contribution < 1.29 is 9.18 Å². The number of carbonyl (C=O) groups is 1. The molecule has 0 aliphatic rings. The normalized spacial score (nSPS) is 10.5. The van der Waals surface area contributed by atoms with Crippen LogP contribution in [0.1, 0.15) is 29.8 Å². The topological polar surface area (TPSA) is 70.7 Å². The van der Waals surface area contributed by atoms with E-state index in [4.69, 9.17) is 16.9 Å². The SMILES string of the molecule is Cc1nn(CCC#N)c(C)c1CCC(=O)Nc1ccc(Cl)cc1F. The number of aryl methyl sites for hydroxylation is 2. The molecule has 0 radical (unpaired) electrons. The van der Waals surface area contributed by atoms with Gasteiger partial charge in [0, 0.05) is 17.1 Å². The highest BCUT2D eigenvalue weighted by Crippen LogP contribution is 2.20. The van der Waals surface area contributed by atoms with Gasteiger partial charge < -0.3 is 5.32 Å². The fraction of sp³-hybridized carbons (Fsp3) is 0.353. The molecule has 5 nitrogen and oxygen atoms in total. The molecule has 1 aromatic heterocycles. The van der Waals surface area contributed by atoms with Crippen molar-refractivity contribution in [2.24, 2.45) is 0 Å². The number of hydrogen-bond acceptors (Lipinski definition) is 3. The Bertz CT molecular complexity index is 795. The number of aromatic nitrogens is 2. The van der Waals surface area contributed by atoms with Crippen LogP contribution in [0.5, 0.6) is 0 Å². The number of rotatable bonds is 6. The third kappa shape index (κ3) is 4.33. The Hall–Kier alpha value is -2.39. The van der Waals surface area contributed by atoms with E-state index in [-0.39, 0.29) is 23.0 Å². The second-order valence-corrected chi connectivity index (χ2v) is 5.89. The van der Waals surface area contributed by atoms with Gasteiger partial charge in [-0.25, -0.2) is 4.39 Å². The molecule has 0 aliphatic heterocycles. The molecule has 126 valence electrons. The van der Waals surface area contributed by atoms with Gasteiger partial charge in [0.1, 0.15) is 5.82 Å². The van der Waals surface area contributed by atoms with Crippen molar-refractivity contribution in [1.82, 2.24) is 9.78 Å². The van der Waals surface area contributed by atoms with Crippen molar-refractivity contribution in [2.45, 2.75) is 39.7 Å². The molecular formula is C17H18ClFN4O. The molecular weight excluding hydrogens is 331 g/mol. The summed E-state index contributed by atoms with van der Waals surface area (Å²) in [5.41, 5.74) is 2.89. The van der Waals surface area contributed by atoms with Crippen molar-refractivity contribution in [2.75, 3.05) is 5.32 Å². The molecule has 0 unspecified atom stereocenters. The Morgan fingerprint density at radius 3 is 2.88 bits per heavy atom. The average Bonchev–Trinajstić information content (AvgIpc) is 2.80. The molecule has 1 aromatic carbocycles. The molecule has 0 saturated heterocycles. The van der Waals surface area contributed by atoms with Crippen LogP contribution in [0.2, 0.25) is 5.02 Å². The van der Waals surface area contributed by atoms with Crippen molar-refractivity contribution >= 4 is 23.2 Å². The highest BCUT2D eigenvalue weighted by atomic mass is 35.5. The lowest BCUT2D eigenvalue weighted by Gasteiger charge is -2.07. The molecule has 0 saturated carbocycles. The summed E-state index contributed by atoms with van der Waals surface area (Å²) in [6, 6.07) is 6.20. The summed E-state index contributed by atoms with van der Waals surface area (Å²) in [6.45, 7) is 4.33. The van der Waals surface area contributed by atoms with Crippen LogP contribution >= 0.6 is 11.6 Å². The molecule has 24 heavy (non-hydrogen) atoms. The van der Waals surface area contributed by atoms with Crippen molar-refractivity contribution in [3.8, 4) is 6.07 Å². The lowest BCUT2D eigenvalue weighted by atomic mass is 10.1. The first-order valence-corrected chi connectivity index (χ1v) is 7.95. The quantitative estimate of drug-likeness (QED) is 0.863. The first kappa shape index (κ1) is 18.0. The summed E-state index contributed by atoms with van der Waals surface area (Å²) in [4.78, 5) is 12.0. The van der Waals surface area contributed by atoms with Crippen molar-refractivity contribution in [1.29, 1.82) is 5.26 Å². The Labute approximate surface area is 145 Å². The Morgan fingerprint density at radius 2 is 2.21 bits per heavy atom. The molecule has 0 fully saturated rings. The molecule has 0 atom stereocenters. The van der Waals surface area contributed by atoms with Crippen molar-refractivity contribution in [3.05, 3.63) is 46.0 Å². The highest BCUT2D eigenvalue weighted by Gasteiger charge is 2.14.